The number of rotatable bonds is 5. The summed E-state index contributed by atoms with van der Waals surface area (Å²) in [7, 11) is -4.05. The van der Waals surface area contributed by atoms with Crippen LogP contribution in [0.1, 0.15) is 5.56 Å². The summed E-state index contributed by atoms with van der Waals surface area (Å²) in [5.41, 5.74) is -0.801. The quantitative estimate of drug-likeness (QED) is 0.327. The Hall–Kier alpha value is 0.0219. The summed E-state index contributed by atoms with van der Waals surface area (Å²) in [4.78, 5) is -0.0433. The number of benzene rings is 1. The van der Waals surface area contributed by atoms with E-state index in [9.17, 15) is 23.7 Å². The van der Waals surface area contributed by atoms with Crippen molar-refractivity contribution in [3.8, 4) is 0 Å². The summed E-state index contributed by atoms with van der Waals surface area (Å²) in [6.45, 7) is 1.43. The molecule has 9 heteroatoms. The fourth-order valence-electron chi connectivity index (χ4n) is 1.91. The first-order chi connectivity index (χ1) is 9.81. The Morgan fingerprint density at radius 3 is 2.36 bits per heavy atom. The molecule has 1 fully saturated rings. The van der Waals surface area contributed by atoms with Crippen LogP contribution in [0.2, 0.25) is 0 Å². The summed E-state index contributed by atoms with van der Waals surface area (Å²) in [5, 5.41) is 28.5. The smallest absolute Gasteiger partial charge is 0.297 e. The molecule has 0 aliphatic carbocycles. The monoisotopic (exact) mass is 555 g/mol. The molecular weight excluding hydrogens is 538 g/mol. The van der Waals surface area contributed by atoms with Gasteiger partial charge < -0.3 is 20.1 Å². The Bertz CT molecular complexity index is 589. The zero-order valence-electron chi connectivity index (χ0n) is 11.8. The molecule has 0 spiro atoms. The molecule has 0 amide bonds. The third-order valence-electron chi connectivity index (χ3n) is 3.34. The van der Waals surface area contributed by atoms with Gasteiger partial charge in [0, 0.05) is 31.1 Å². The van der Waals surface area contributed by atoms with Crippen LogP contribution in [0.5, 0.6) is 0 Å². The minimum Gasteiger partial charge on any atom is -0.540 e. The number of aryl methyl sites for hydroxylation is 1. The Balaban J connectivity index is 0.00000242. The Morgan fingerprint density at radius 2 is 1.91 bits per heavy atom. The Morgan fingerprint density at radius 1 is 1.32 bits per heavy atom. The van der Waals surface area contributed by atoms with Crippen LogP contribution in [0, 0.1) is 44.6 Å². The number of aliphatic hydroxyl groups is 3. The van der Waals surface area contributed by atoms with E-state index in [0.717, 1.165) is 12.2 Å². The van der Waals surface area contributed by atoms with Crippen molar-refractivity contribution in [1.82, 2.24) is 0 Å². The molecule has 3 N–H and O–H groups in total. The molecule has 1 aliphatic rings. The van der Waals surface area contributed by atoms with E-state index in [1.54, 1.807) is 12.1 Å². The predicted molar refractivity (Wildman–Crippen MR) is 71.5 cm³/mol. The topological polar surface area (TPSA) is 113 Å². The average molecular weight is 555 g/mol. The van der Waals surface area contributed by atoms with Crippen molar-refractivity contribution in [2.75, 3.05) is 13.2 Å². The molecule has 0 radical (unpaired) electrons. The zero-order valence-corrected chi connectivity index (χ0v) is 16.8. The van der Waals surface area contributed by atoms with Crippen LogP contribution in [0.25, 0.3) is 0 Å². The van der Waals surface area contributed by atoms with Gasteiger partial charge in [-0.15, -0.1) is 0 Å². The van der Waals surface area contributed by atoms with Crippen molar-refractivity contribution in [1.29, 1.82) is 0 Å². The van der Waals surface area contributed by atoms with Crippen molar-refractivity contribution in [2.24, 2.45) is 0 Å². The molecule has 0 bridgehead atoms. The van der Waals surface area contributed by atoms with Gasteiger partial charge in [-0.25, -0.2) is 0 Å². The first-order valence-corrected chi connectivity index (χ1v) is 7.66. The second kappa shape index (κ2) is 7.73. The van der Waals surface area contributed by atoms with Crippen LogP contribution in [0.4, 0.5) is 0 Å². The second-order valence-corrected chi connectivity index (χ2v) is 6.56. The van der Waals surface area contributed by atoms with E-state index in [0.29, 0.717) is 0 Å². The fraction of sp³-hybridized carbons (Fsp3) is 0.462. The van der Waals surface area contributed by atoms with Crippen LogP contribution in [-0.4, -0.2) is 54.8 Å². The summed E-state index contributed by atoms with van der Waals surface area (Å²) in [6.07, 6.45) is -2.79. The molecule has 0 aromatic heterocycles. The minimum atomic E-state index is -4.05. The van der Waals surface area contributed by atoms with E-state index >= 15 is 0 Å². The molecule has 3 atom stereocenters. The standard InChI is InChI=1S/C13H17O7S.U/c1-9-2-4-10(5-3-9)21(17,18)20-8-13(7-14)12(16)11(15)6-19-13;/h2-6,11-12,14-16H,7-8H2,1H3;/q-1;/t11?,12?,13-;/m0./s1. The number of ether oxygens (including phenoxy) is 1. The van der Waals surface area contributed by atoms with Gasteiger partial charge in [-0.1, -0.05) is 17.7 Å². The van der Waals surface area contributed by atoms with Crippen LogP contribution >= 0.6 is 0 Å². The normalized spacial score (nSPS) is 28.4. The van der Waals surface area contributed by atoms with Crippen molar-refractivity contribution in [2.45, 2.75) is 29.6 Å². The van der Waals surface area contributed by atoms with Crippen LogP contribution in [0.15, 0.2) is 29.2 Å². The molecule has 2 rings (SSSR count). The summed E-state index contributed by atoms with van der Waals surface area (Å²) < 4.78 is 33.9. The molecule has 1 heterocycles. The van der Waals surface area contributed by atoms with Gasteiger partial charge >= 0.3 is 0 Å². The molecule has 1 aromatic rings. The summed E-state index contributed by atoms with van der Waals surface area (Å²) in [6, 6.07) is 6.03. The van der Waals surface area contributed by atoms with E-state index in [1.165, 1.54) is 12.1 Å². The molecular formula is C13H17O7SU-. The molecule has 2 unspecified atom stereocenters. The van der Waals surface area contributed by atoms with E-state index in [-0.39, 0.29) is 36.0 Å². The molecule has 122 valence electrons. The largest absolute Gasteiger partial charge is 0.540 e. The maximum atomic E-state index is 12.0. The predicted octanol–water partition coefficient (Wildman–Crippen LogP) is -0.655. The molecule has 1 aliphatic heterocycles. The zero-order chi connectivity index (χ0) is 15.7. The number of hydrogen-bond donors (Lipinski definition) is 3. The van der Waals surface area contributed by atoms with E-state index < -0.39 is 41.1 Å². The molecule has 0 saturated carbocycles. The second-order valence-electron chi connectivity index (χ2n) is 4.94. The molecule has 1 aromatic carbocycles. The van der Waals surface area contributed by atoms with E-state index in [2.05, 4.69) is 0 Å². The van der Waals surface area contributed by atoms with Gasteiger partial charge in [-0.3, -0.25) is 4.18 Å². The van der Waals surface area contributed by atoms with Crippen molar-refractivity contribution >= 4 is 10.1 Å². The number of aliphatic hydroxyl groups excluding tert-OH is 3. The summed E-state index contributed by atoms with van der Waals surface area (Å²) in [5.74, 6) is 0. The Kier molecular flexibility index (Phi) is 7.05. The first-order valence-electron chi connectivity index (χ1n) is 6.25. The van der Waals surface area contributed by atoms with Gasteiger partial charge in [0.25, 0.3) is 10.1 Å². The maximum Gasteiger partial charge on any atom is 0.297 e. The van der Waals surface area contributed by atoms with Crippen LogP contribution in [-0.2, 0) is 19.0 Å². The average Bonchev–Trinajstić information content (AvgIpc) is 2.74. The fourth-order valence-corrected chi connectivity index (χ4v) is 2.87. The van der Waals surface area contributed by atoms with Gasteiger partial charge in [0.05, 0.1) is 24.2 Å². The van der Waals surface area contributed by atoms with E-state index in [1.807, 2.05) is 6.92 Å². The van der Waals surface area contributed by atoms with Gasteiger partial charge in [-0.05, 0) is 25.2 Å². The maximum absolute atomic E-state index is 12.0. The number of hydrogen-bond acceptors (Lipinski definition) is 7. The van der Waals surface area contributed by atoms with Gasteiger partial charge in [0.2, 0.25) is 0 Å². The van der Waals surface area contributed by atoms with Crippen molar-refractivity contribution in [3.63, 3.8) is 0 Å². The molecule has 7 nitrogen and oxygen atoms in total. The van der Waals surface area contributed by atoms with Gasteiger partial charge in [0.15, 0.2) is 0 Å². The van der Waals surface area contributed by atoms with Gasteiger partial charge in [-0.2, -0.15) is 15.0 Å². The van der Waals surface area contributed by atoms with Gasteiger partial charge in [0.1, 0.15) is 5.60 Å². The van der Waals surface area contributed by atoms with E-state index in [4.69, 9.17) is 8.92 Å². The minimum absolute atomic E-state index is 0. The van der Waals surface area contributed by atoms with Crippen LogP contribution < -0.4 is 0 Å². The third-order valence-corrected chi connectivity index (χ3v) is 4.62. The van der Waals surface area contributed by atoms with Crippen molar-refractivity contribution < 1.29 is 63.8 Å². The SMILES string of the molecule is Cc1ccc(S(=O)(=O)OC[C@]2(CO)O[CH-]C(O)C2O)cc1.[U]. The molecule has 1 saturated heterocycles. The molecule has 22 heavy (non-hydrogen) atoms. The summed E-state index contributed by atoms with van der Waals surface area (Å²) >= 11 is 0. The van der Waals surface area contributed by atoms with Crippen LogP contribution in [0.3, 0.4) is 0 Å². The Labute approximate surface area is 152 Å². The third kappa shape index (κ3) is 4.10. The first kappa shape index (κ1) is 20.1. The van der Waals surface area contributed by atoms with Crippen molar-refractivity contribution in [3.05, 3.63) is 36.4 Å².